The largest absolute Gasteiger partial charge is 0.493 e. The minimum Gasteiger partial charge on any atom is -0.493 e. The third-order valence-corrected chi connectivity index (χ3v) is 6.28. The topological polar surface area (TPSA) is 96.6 Å². The van der Waals surface area contributed by atoms with Crippen molar-refractivity contribution in [1.29, 1.82) is 5.41 Å². The molecule has 176 valence electrons. The second-order valence-corrected chi connectivity index (χ2v) is 8.86. The molecule has 2 aromatic carbocycles. The number of rotatable bonds is 8. The molecular formula is C24H23ClN4O4S. The molecule has 0 saturated carbocycles. The molecule has 0 unspecified atom stereocenters. The Hall–Kier alpha value is -3.30. The molecule has 0 aromatic heterocycles. The van der Waals surface area contributed by atoms with E-state index in [1.165, 1.54) is 23.9 Å². The molecule has 2 aliphatic rings. The normalized spacial score (nSPS) is 16.4. The van der Waals surface area contributed by atoms with E-state index in [1.807, 2.05) is 38.1 Å². The molecule has 0 fully saturated rings. The number of nitrogens with one attached hydrogen (secondary N) is 1. The molecule has 2 heterocycles. The monoisotopic (exact) mass is 498 g/mol. The molecule has 2 aliphatic heterocycles. The number of methoxy groups -OCH3 is 1. The molecule has 0 radical (unpaired) electrons. The number of ether oxygens (including phenoxy) is 3. The van der Waals surface area contributed by atoms with Crippen LogP contribution in [0.25, 0.3) is 6.08 Å². The predicted molar refractivity (Wildman–Crippen MR) is 135 cm³/mol. The summed E-state index contributed by atoms with van der Waals surface area (Å²) < 4.78 is 17.0. The maximum atomic E-state index is 12.6. The van der Waals surface area contributed by atoms with Crippen LogP contribution >= 0.6 is 23.4 Å². The summed E-state index contributed by atoms with van der Waals surface area (Å²) in [6.45, 7) is 4.54. The van der Waals surface area contributed by atoms with Crippen molar-refractivity contribution >= 4 is 51.4 Å². The number of hydrazone groups is 1. The second-order valence-electron chi connectivity index (χ2n) is 7.41. The number of hydrogen-bond acceptors (Lipinski definition) is 7. The fraction of sp³-hybridized carbons (Fsp3) is 0.250. The van der Waals surface area contributed by atoms with Crippen molar-refractivity contribution in [2.45, 2.75) is 20.3 Å². The molecule has 34 heavy (non-hydrogen) atoms. The number of benzene rings is 2. The average molecular weight is 499 g/mol. The predicted octanol–water partition coefficient (Wildman–Crippen LogP) is 5.14. The van der Waals surface area contributed by atoms with Gasteiger partial charge in [-0.3, -0.25) is 10.2 Å². The van der Waals surface area contributed by atoms with Gasteiger partial charge in [-0.2, -0.15) is 15.1 Å². The molecule has 0 saturated heterocycles. The fourth-order valence-electron chi connectivity index (χ4n) is 3.31. The minimum atomic E-state index is -0.500. The molecule has 4 rings (SSSR count). The number of hydrogen-bond donors (Lipinski definition) is 1. The number of amidine groups is 2. The maximum Gasteiger partial charge on any atom is 0.283 e. The Balaban J connectivity index is 1.49. The standard InChI is InChI=1S/C24H23ClN4O4S/c1-4-20-28-29-22(26)17(23(30)27-24(29)34-20)11-15-12-18(25)21(19(13-15)31-3)33-9-8-32-16-7-5-6-14(2)10-16/h5-7,10-13,26H,4,8-9H2,1-3H3/b17-11-,26-22?. The van der Waals surface area contributed by atoms with Crippen LogP contribution < -0.4 is 14.2 Å². The third kappa shape index (κ3) is 5.10. The number of nitrogens with zero attached hydrogens (tertiary/aromatic N) is 3. The van der Waals surface area contributed by atoms with Gasteiger partial charge in [-0.1, -0.05) is 30.7 Å². The van der Waals surface area contributed by atoms with Crippen LogP contribution in [0.4, 0.5) is 0 Å². The van der Waals surface area contributed by atoms with E-state index in [0.29, 0.717) is 40.3 Å². The quantitative estimate of drug-likeness (QED) is 0.399. The number of carbonyl (C=O) groups excluding carboxylic acids is 1. The van der Waals surface area contributed by atoms with Crippen molar-refractivity contribution in [2.24, 2.45) is 10.1 Å². The molecule has 0 bridgehead atoms. The van der Waals surface area contributed by atoms with E-state index >= 15 is 0 Å². The van der Waals surface area contributed by atoms with Gasteiger partial charge in [0.1, 0.15) is 24.0 Å². The van der Waals surface area contributed by atoms with Crippen molar-refractivity contribution < 1.29 is 19.0 Å². The highest BCUT2D eigenvalue weighted by Crippen LogP contribution is 2.37. The van der Waals surface area contributed by atoms with Crippen LogP contribution in [0.2, 0.25) is 5.02 Å². The number of thioether (sulfide) groups is 1. The van der Waals surface area contributed by atoms with Gasteiger partial charge in [0.05, 0.1) is 17.7 Å². The summed E-state index contributed by atoms with van der Waals surface area (Å²) in [5.41, 5.74) is 1.80. The number of carbonyl (C=O) groups is 1. The summed E-state index contributed by atoms with van der Waals surface area (Å²) in [4.78, 5) is 16.6. The Morgan fingerprint density at radius 3 is 2.74 bits per heavy atom. The SMILES string of the molecule is CCC1=NN2C(=N)/C(=C/c3cc(Cl)c(OCCOc4cccc(C)c4)c(OC)c3)C(=O)N=C2S1. The molecule has 0 atom stereocenters. The minimum absolute atomic E-state index is 0.0327. The van der Waals surface area contributed by atoms with E-state index in [4.69, 9.17) is 31.2 Å². The second kappa shape index (κ2) is 10.3. The number of amides is 1. The zero-order valence-corrected chi connectivity index (χ0v) is 20.5. The van der Waals surface area contributed by atoms with Crippen LogP contribution in [0, 0.1) is 12.3 Å². The van der Waals surface area contributed by atoms with Gasteiger partial charge in [-0.25, -0.2) is 0 Å². The summed E-state index contributed by atoms with van der Waals surface area (Å²) in [6.07, 6.45) is 2.25. The molecule has 1 amide bonds. The van der Waals surface area contributed by atoms with Crippen LogP contribution in [0.5, 0.6) is 17.2 Å². The zero-order valence-electron chi connectivity index (χ0n) is 18.9. The Labute approximate surface area is 206 Å². The summed E-state index contributed by atoms with van der Waals surface area (Å²) in [7, 11) is 1.51. The number of aryl methyl sites for hydroxylation is 1. The average Bonchev–Trinajstić information content (AvgIpc) is 3.23. The van der Waals surface area contributed by atoms with Gasteiger partial charge < -0.3 is 14.2 Å². The highest BCUT2D eigenvalue weighted by molar-refractivity contribution is 8.26. The Morgan fingerprint density at radius 1 is 1.21 bits per heavy atom. The zero-order chi connectivity index (χ0) is 24.2. The molecular weight excluding hydrogens is 476 g/mol. The maximum absolute atomic E-state index is 12.6. The summed E-state index contributed by atoms with van der Waals surface area (Å²) >= 11 is 7.77. The van der Waals surface area contributed by atoms with Gasteiger partial charge in [0.15, 0.2) is 17.3 Å². The molecule has 2 aromatic rings. The number of aliphatic imine (C=N–C) groups is 1. The van der Waals surface area contributed by atoms with Crippen LogP contribution in [0.3, 0.4) is 0 Å². The van der Waals surface area contributed by atoms with Crippen molar-refractivity contribution in [1.82, 2.24) is 5.01 Å². The Morgan fingerprint density at radius 2 is 2.00 bits per heavy atom. The number of fused-ring (bicyclic) bond motifs is 1. The van der Waals surface area contributed by atoms with E-state index in [1.54, 1.807) is 18.2 Å². The van der Waals surface area contributed by atoms with E-state index in [2.05, 4.69) is 10.1 Å². The summed E-state index contributed by atoms with van der Waals surface area (Å²) in [5, 5.41) is 15.7. The molecule has 10 heteroatoms. The molecule has 1 N–H and O–H groups in total. The molecule has 0 spiro atoms. The lowest BCUT2D eigenvalue weighted by molar-refractivity contribution is -0.114. The first kappa shape index (κ1) is 23.8. The van der Waals surface area contributed by atoms with Crippen LogP contribution in [-0.2, 0) is 4.79 Å². The number of halogens is 1. The molecule has 8 nitrogen and oxygen atoms in total. The van der Waals surface area contributed by atoms with Crippen LogP contribution in [0.1, 0.15) is 24.5 Å². The van der Waals surface area contributed by atoms with Crippen molar-refractivity contribution in [2.75, 3.05) is 20.3 Å². The van der Waals surface area contributed by atoms with E-state index in [-0.39, 0.29) is 18.0 Å². The van der Waals surface area contributed by atoms with Crippen LogP contribution in [0.15, 0.2) is 52.1 Å². The van der Waals surface area contributed by atoms with E-state index in [0.717, 1.165) is 16.4 Å². The van der Waals surface area contributed by atoms with Gasteiger partial charge in [-0.05, 0) is 66.6 Å². The molecule has 0 aliphatic carbocycles. The Bertz CT molecular complexity index is 1240. The van der Waals surface area contributed by atoms with Crippen molar-refractivity contribution in [3.63, 3.8) is 0 Å². The van der Waals surface area contributed by atoms with Gasteiger partial charge in [0.2, 0.25) is 5.17 Å². The van der Waals surface area contributed by atoms with Crippen LogP contribution in [-0.4, -0.2) is 47.3 Å². The van der Waals surface area contributed by atoms with Crippen molar-refractivity contribution in [3.05, 3.63) is 58.1 Å². The lowest BCUT2D eigenvalue weighted by atomic mass is 10.1. The smallest absolute Gasteiger partial charge is 0.283 e. The first-order valence-corrected chi connectivity index (χ1v) is 11.8. The van der Waals surface area contributed by atoms with Gasteiger partial charge in [0, 0.05) is 0 Å². The fourth-order valence-corrected chi connectivity index (χ4v) is 4.41. The van der Waals surface area contributed by atoms with E-state index < -0.39 is 5.91 Å². The summed E-state index contributed by atoms with van der Waals surface area (Å²) in [6, 6.07) is 11.1. The van der Waals surface area contributed by atoms with E-state index in [9.17, 15) is 4.79 Å². The first-order chi connectivity index (χ1) is 16.4. The van der Waals surface area contributed by atoms with Gasteiger partial charge in [0.25, 0.3) is 5.91 Å². The summed E-state index contributed by atoms with van der Waals surface area (Å²) in [5.74, 6) is 1.00. The van der Waals surface area contributed by atoms with Gasteiger partial charge >= 0.3 is 0 Å². The van der Waals surface area contributed by atoms with Gasteiger partial charge in [-0.15, -0.1) is 0 Å². The highest BCUT2D eigenvalue weighted by Gasteiger charge is 2.35. The lowest BCUT2D eigenvalue weighted by Crippen LogP contribution is -2.35. The highest BCUT2D eigenvalue weighted by atomic mass is 35.5. The Kier molecular flexibility index (Phi) is 7.23. The van der Waals surface area contributed by atoms with Crippen molar-refractivity contribution in [3.8, 4) is 17.2 Å². The lowest BCUT2D eigenvalue weighted by Gasteiger charge is -2.20. The third-order valence-electron chi connectivity index (χ3n) is 4.95. The first-order valence-electron chi connectivity index (χ1n) is 10.6.